The topological polar surface area (TPSA) is 93.0 Å². The van der Waals surface area contributed by atoms with E-state index in [4.69, 9.17) is 0 Å². The average Bonchev–Trinajstić information content (AvgIpc) is 3.07. The Labute approximate surface area is 112 Å². The lowest BCUT2D eigenvalue weighted by molar-refractivity contribution is -0.128. The monoisotopic (exact) mass is 278 g/mol. The van der Waals surface area contributed by atoms with E-state index in [9.17, 15) is 9.59 Å². The molecular weight excluding hydrogens is 268 g/mol. The predicted molar refractivity (Wildman–Crippen MR) is 66.2 cm³/mol. The highest BCUT2D eigenvalue weighted by Gasteiger charge is 2.26. The maximum atomic E-state index is 11.9. The highest BCUT2D eigenvalue weighted by Crippen LogP contribution is 2.19. The minimum Gasteiger partial charge on any atom is -0.336 e. The van der Waals surface area contributed by atoms with Gasteiger partial charge in [-0.1, -0.05) is 6.07 Å². The molecule has 9 heteroatoms. The Hall–Kier alpha value is -2.29. The normalized spacial score (nSPS) is 14.7. The summed E-state index contributed by atoms with van der Waals surface area (Å²) >= 11 is 1.50. The fraction of sp³-hybridized carbons (Fsp3) is 0.300. The van der Waals surface area contributed by atoms with Crippen molar-refractivity contribution in [3.63, 3.8) is 0 Å². The van der Waals surface area contributed by atoms with Crippen molar-refractivity contribution < 1.29 is 9.59 Å². The molecule has 0 atom stereocenters. The largest absolute Gasteiger partial charge is 0.336 e. The van der Waals surface area contributed by atoms with Gasteiger partial charge in [-0.25, -0.2) is 4.79 Å². The molecule has 98 valence electrons. The van der Waals surface area contributed by atoms with Crippen molar-refractivity contribution in [1.29, 1.82) is 0 Å². The summed E-state index contributed by atoms with van der Waals surface area (Å²) in [6, 6.07) is 3.39. The van der Waals surface area contributed by atoms with Crippen LogP contribution in [0.25, 0.3) is 10.7 Å². The van der Waals surface area contributed by atoms with Gasteiger partial charge in [-0.3, -0.25) is 9.69 Å². The lowest BCUT2D eigenvalue weighted by atomic mass is 10.4. The zero-order valence-corrected chi connectivity index (χ0v) is 10.6. The van der Waals surface area contributed by atoms with E-state index in [2.05, 4.69) is 20.7 Å². The molecule has 0 bridgehead atoms. The van der Waals surface area contributed by atoms with Crippen molar-refractivity contribution >= 4 is 23.3 Å². The van der Waals surface area contributed by atoms with Gasteiger partial charge in [0.05, 0.1) is 4.88 Å². The quantitative estimate of drug-likeness (QED) is 0.850. The molecule has 0 spiro atoms. The minimum atomic E-state index is -0.372. The van der Waals surface area contributed by atoms with Crippen molar-refractivity contribution in [3.8, 4) is 10.7 Å². The number of thiophene rings is 1. The molecule has 2 aromatic rings. The summed E-state index contributed by atoms with van der Waals surface area (Å²) in [6.45, 7) is 0.770. The van der Waals surface area contributed by atoms with Gasteiger partial charge in [-0.05, 0) is 16.7 Å². The maximum absolute atomic E-state index is 11.9. The molecule has 0 aliphatic carbocycles. The SMILES string of the molecule is O=C(Cn1nnc(-c2cccs2)n1)N1CCNC1=O. The van der Waals surface area contributed by atoms with Crippen LogP contribution in [0.5, 0.6) is 0 Å². The Bertz CT molecular complexity index is 607. The Balaban J connectivity index is 1.70. The number of tetrazole rings is 1. The zero-order chi connectivity index (χ0) is 13.2. The Kier molecular flexibility index (Phi) is 2.95. The Morgan fingerprint density at radius 1 is 1.53 bits per heavy atom. The molecular formula is C10H10N6O2S. The number of hydrogen-bond donors (Lipinski definition) is 1. The highest BCUT2D eigenvalue weighted by atomic mass is 32.1. The van der Waals surface area contributed by atoms with E-state index in [0.717, 1.165) is 9.78 Å². The van der Waals surface area contributed by atoms with Gasteiger partial charge < -0.3 is 5.32 Å². The summed E-state index contributed by atoms with van der Waals surface area (Å²) in [7, 11) is 0. The number of amides is 3. The first-order valence-corrected chi connectivity index (χ1v) is 6.52. The second-order valence-electron chi connectivity index (χ2n) is 3.90. The van der Waals surface area contributed by atoms with Gasteiger partial charge in [-0.2, -0.15) is 4.80 Å². The third kappa shape index (κ3) is 2.32. The number of urea groups is 1. The second-order valence-corrected chi connectivity index (χ2v) is 4.85. The molecule has 0 aromatic carbocycles. The summed E-state index contributed by atoms with van der Waals surface area (Å²) in [5, 5.41) is 16.3. The third-order valence-corrected chi connectivity index (χ3v) is 3.49. The van der Waals surface area contributed by atoms with Crippen LogP contribution >= 0.6 is 11.3 Å². The number of nitrogens with one attached hydrogen (secondary N) is 1. The summed E-state index contributed by atoms with van der Waals surface area (Å²) in [5.74, 6) is 0.138. The van der Waals surface area contributed by atoms with Gasteiger partial charge >= 0.3 is 6.03 Å². The first-order valence-electron chi connectivity index (χ1n) is 5.64. The Morgan fingerprint density at radius 2 is 2.42 bits per heavy atom. The molecule has 3 amide bonds. The Morgan fingerprint density at radius 3 is 3.11 bits per heavy atom. The first-order chi connectivity index (χ1) is 9.24. The fourth-order valence-corrected chi connectivity index (χ4v) is 2.38. The van der Waals surface area contributed by atoms with Gasteiger partial charge in [0.1, 0.15) is 6.54 Å². The van der Waals surface area contributed by atoms with Gasteiger partial charge in [0.2, 0.25) is 5.82 Å². The molecule has 1 fully saturated rings. The van der Waals surface area contributed by atoms with Crippen LogP contribution in [0, 0.1) is 0 Å². The van der Waals surface area contributed by atoms with E-state index < -0.39 is 0 Å². The maximum Gasteiger partial charge on any atom is 0.324 e. The molecule has 1 aliphatic rings. The van der Waals surface area contributed by atoms with Crippen LogP contribution in [-0.2, 0) is 11.3 Å². The molecule has 19 heavy (non-hydrogen) atoms. The highest BCUT2D eigenvalue weighted by molar-refractivity contribution is 7.13. The van der Waals surface area contributed by atoms with Crippen molar-refractivity contribution in [3.05, 3.63) is 17.5 Å². The number of nitrogens with zero attached hydrogens (tertiary/aromatic N) is 5. The van der Waals surface area contributed by atoms with E-state index in [1.807, 2.05) is 17.5 Å². The standard InChI is InChI=1S/C10H10N6O2S/c17-8(15-4-3-11-10(15)18)6-16-13-9(12-14-16)7-2-1-5-19-7/h1-2,5H,3-4,6H2,(H,11,18). The smallest absolute Gasteiger partial charge is 0.324 e. The molecule has 0 radical (unpaired) electrons. The summed E-state index contributed by atoms with van der Waals surface area (Å²) in [5.41, 5.74) is 0. The van der Waals surface area contributed by atoms with Crippen LogP contribution in [0.1, 0.15) is 0 Å². The number of carbonyl (C=O) groups is 2. The molecule has 3 rings (SSSR count). The molecule has 1 N–H and O–H groups in total. The predicted octanol–water partition coefficient (Wildman–Crippen LogP) is -0.0466. The molecule has 8 nitrogen and oxygen atoms in total. The van der Waals surface area contributed by atoms with E-state index in [0.29, 0.717) is 18.9 Å². The van der Waals surface area contributed by atoms with Crippen LogP contribution in [0.4, 0.5) is 4.79 Å². The molecule has 0 unspecified atom stereocenters. The van der Waals surface area contributed by atoms with Crippen LogP contribution in [0.15, 0.2) is 17.5 Å². The van der Waals surface area contributed by atoms with Crippen molar-refractivity contribution in [2.24, 2.45) is 0 Å². The van der Waals surface area contributed by atoms with E-state index >= 15 is 0 Å². The van der Waals surface area contributed by atoms with Crippen molar-refractivity contribution in [2.45, 2.75) is 6.54 Å². The molecule has 2 aromatic heterocycles. The van der Waals surface area contributed by atoms with Crippen LogP contribution in [0.3, 0.4) is 0 Å². The first kappa shape index (κ1) is 11.8. The van der Waals surface area contributed by atoms with E-state index in [-0.39, 0.29) is 18.5 Å². The summed E-state index contributed by atoms with van der Waals surface area (Å²) in [4.78, 5) is 26.4. The third-order valence-electron chi connectivity index (χ3n) is 2.63. The summed E-state index contributed by atoms with van der Waals surface area (Å²) < 4.78 is 0. The summed E-state index contributed by atoms with van der Waals surface area (Å²) in [6.07, 6.45) is 0. The number of carbonyl (C=O) groups excluding carboxylic acids is 2. The van der Waals surface area contributed by atoms with Gasteiger partial charge in [-0.15, -0.1) is 21.5 Å². The lowest BCUT2D eigenvalue weighted by Crippen LogP contribution is -2.37. The number of imide groups is 1. The number of hydrogen-bond acceptors (Lipinski definition) is 6. The van der Waals surface area contributed by atoms with Gasteiger partial charge in [0.25, 0.3) is 5.91 Å². The van der Waals surface area contributed by atoms with Crippen LogP contribution < -0.4 is 5.32 Å². The van der Waals surface area contributed by atoms with E-state index in [1.165, 1.54) is 16.1 Å². The van der Waals surface area contributed by atoms with Gasteiger partial charge in [0, 0.05) is 13.1 Å². The average molecular weight is 278 g/mol. The number of aromatic nitrogens is 4. The lowest BCUT2D eigenvalue weighted by Gasteiger charge is -2.10. The van der Waals surface area contributed by atoms with Crippen molar-refractivity contribution in [1.82, 2.24) is 30.4 Å². The zero-order valence-electron chi connectivity index (χ0n) is 9.81. The molecule has 1 aliphatic heterocycles. The van der Waals surface area contributed by atoms with Crippen LogP contribution in [0.2, 0.25) is 0 Å². The fourth-order valence-electron chi connectivity index (χ4n) is 1.73. The van der Waals surface area contributed by atoms with Crippen LogP contribution in [-0.4, -0.2) is 50.1 Å². The molecule has 3 heterocycles. The van der Waals surface area contributed by atoms with E-state index in [1.54, 1.807) is 0 Å². The van der Waals surface area contributed by atoms with Crippen molar-refractivity contribution in [2.75, 3.05) is 13.1 Å². The molecule has 0 saturated carbocycles. The van der Waals surface area contributed by atoms with Gasteiger partial charge in [0.15, 0.2) is 0 Å². The second kappa shape index (κ2) is 4.76. The number of rotatable bonds is 3. The molecule has 1 saturated heterocycles. The minimum absolute atomic E-state index is 0.0915.